The number of likely N-dealkylation sites (tertiary alicyclic amines) is 1. The SMILES string of the molecule is Cc1ccc(-c2nn(C)cc2-c2ccnc(Nc3cccc(OCC4CCCCN4C)c3)n2)cc1. The Balaban J connectivity index is 1.33. The van der Waals surface area contributed by atoms with Crippen LogP contribution in [0, 0.1) is 6.92 Å². The van der Waals surface area contributed by atoms with E-state index in [0.717, 1.165) is 40.5 Å². The largest absolute Gasteiger partial charge is 0.492 e. The fourth-order valence-electron chi connectivity index (χ4n) is 4.51. The van der Waals surface area contributed by atoms with Gasteiger partial charge >= 0.3 is 0 Å². The molecule has 0 radical (unpaired) electrons. The summed E-state index contributed by atoms with van der Waals surface area (Å²) in [7, 11) is 4.11. The Labute approximate surface area is 206 Å². The van der Waals surface area contributed by atoms with E-state index >= 15 is 0 Å². The normalized spacial score (nSPS) is 16.3. The minimum Gasteiger partial charge on any atom is -0.492 e. The zero-order valence-electron chi connectivity index (χ0n) is 20.6. The molecule has 1 saturated heterocycles. The third-order valence-corrected chi connectivity index (χ3v) is 6.54. The molecule has 2 aromatic heterocycles. The zero-order valence-corrected chi connectivity index (χ0v) is 20.6. The van der Waals surface area contributed by atoms with E-state index in [1.54, 1.807) is 6.20 Å². The number of ether oxygens (including phenoxy) is 1. The van der Waals surface area contributed by atoms with E-state index in [1.807, 2.05) is 48.3 Å². The van der Waals surface area contributed by atoms with Gasteiger partial charge in [-0.1, -0.05) is 42.3 Å². The van der Waals surface area contributed by atoms with E-state index in [4.69, 9.17) is 14.8 Å². The summed E-state index contributed by atoms with van der Waals surface area (Å²) < 4.78 is 7.95. The average Bonchev–Trinajstić information content (AvgIpc) is 3.26. The van der Waals surface area contributed by atoms with Gasteiger partial charge < -0.3 is 15.0 Å². The molecular weight excluding hydrogens is 436 g/mol. The molecule has 0 bridgehead atoms. The van der Waals surface area contributed by atoms with Gasteiger partial charge in [0, 0.05) is 48.4 Å². The first kappa shape index (κ1) is 23.1. The summed E-state index contributed by atoms with van der Waals surface area (Å²) in [5.74, 6) is 1.38. The number of anilines is 2. The van der Waals surface area contributed by atoms with E-state index in [2.05, 4.69) is 53.4 Å². The van der Waals surface area contributed by atoms with Crippen molar-refractivity contribution in [3.8, 4) is 28.3 Å². The molecule has 0 saturated carbocycles. The molecule has 7 nitrogen and oxygen atoms in total. The second-order valence-corrected chi connectivity index (χ2v) is 9.29. The second-order valence-electron chi connectivity index (χ2n) is 9.29. The van der Waals surface area contributed by atoms with Gasteiger partial charge in [0.05, 0.1) is 5.69 Å². The van der Waals surface area contributed by atoms with Gasteiger partial charge in [-0.15, -0.1) is 0 Å². The van der Waals surface area contributed by atoms with Crippen molar-refractivity contribution in [3.05, 3.63) is 72.6 Å². The van der Waals surface area contributed by atoms with Crippen LogP contribution in [0.25, 0.3) is 22.5 Å². The number of aromatic nitrogens is 4. The summed E-state index contributed by atoms with van der Waals surface area (Å²) in [6, 6.07) is 18.8. The van der Waals surface area contributed by atoms with Gasteiger partial charge in [-0.3, -0.25) is 4.68 Å². The Morgan fingerprint density at radius 1 is 1.06 bits per heavy atom. The van der Waals surface area contributed by atoms with Crippen LogP contribution in [0.2, 0.25) is 0 Å². The third kappa shape index (κ3) is 5.52. The molecule has 1 aliphatic rings. The Kier molecular flexibility index (Phi) is 6.77. The van der Waals surface area contributed by atoms with Crippen LogP contribution in [0.1, 0.15) is 24.8 Å². The first-order valence-corrected chi connectivity index (χ1v) is 12.2. The minimum absolute atomic E-state index is 0.475. The van der Waals surface area contributed by atoms with E-state index in [-0.39, 0.29) is 0 Å². The van der Waals surface area contributed by atoms with Crippen LogP contribution < -0.4 is 10.1 Å². The van der Waals surface area contributed by atoms with Crippen LogP contribution >= 0.6 is 0 Å². The lowest BCUT2D eigenvalue weighted by molar-refractivity contribution is 0.125. The lowest BCUT2D eigenvalue weighted by Crippen LogP contribution is -2.40. The maximum absolute atomic E-state index is 6.13. The van der Waals surface area contributed by atoms with Gasteiger partial charge in [-0.2, -0.15) is 5.10 Å². The maximum Gasteiger partial charge on any atom is 0.227 e. The second kappa shape index (κ2) is 10.3. The number of aryl methyl sites for hydroxylation is 2. The first-order valence-electron chi connectivity index (χ1n) is 12.2. The quantitative estimate of drug-likeness (QED) is 0.389. The predicted octanol–water partition coefficient (Wildman–Crippen LogP) is 5.46. The van der Waals surface area contributed by atoms with Crippen LogP contribution in [0.3, 0.4) is 0 Å². The molecule has 1 fully saturated rings. The number of rotatable bonds is 7. The van der Waals surface area contributed by atoms with Gasteiger partial charge in [0.25, 0.3) is 0 Å². The highest BCUT2D eigenvalue weighted by Crippen LogP contribution is 2.30. The fourth-order valence-corrected chi connectivity index (χ4v) is 4.51. The Morgan fingerprint density at radius 3 is 2.74 bits per heavy atom. The summed E-state index contributed by atoms with van der Waals surface area (Å²) in [5, 5.41) is 8.03. The van der Waals surface area contributed by atoms with Gasteiger partial charge in [0.2, 0.25) is 5.95 Å². The lowest BCUT2D eigenvalue weighted by Gasteiger charge is -2.32. The van der Waals surface area contributed by atoms with E-state index in [1.165, 1.54) is 24.8 Å². The van der Waals surface area contributed by atoms with Crippen molar-refractivity contribution in [1.29, 1.82) is 0 Å². The Morgan fingerprint density at radius 2 is 1.91 bits per heavy atom. The number of hydrogen-bond acceptors (Lipinski definition) is 6. The topological polar surface area (TPSA) is 68.1 Å². The van der Waals surface area contributed by atoms with Crippen molar-refractivity contribution in [3.63, 3.8) is 0 Å². The number of likely N-dealkylation sites (N-methyl/N-ethyl adjacent to an activating group) is 1. The van der Waals surface area contributed by atoms with Crippen LogP contribution in [0.15, 0.2) is 67.0 Å². The number of nitrogens with one attached hydrogen (secondary N) is 1. The van der Waals surface area contributed by atoms with E-state index in [0.29, 0.717) is 18.6 Å². The van der Waals surface area contributed by atoms with Crippen molar-refractivity contribution in [2.24, 2.45) is 7.05 Å². The van der Waals surface area contributed by atoms with Crippen molar-refractivity contribution in [2.75, 3.05) is 25.5 Å². The van der Waals surface area contributed by atoms with Gasteiger partial charge in [0.1, 0.15) is 18.1 Å². The molecule has 35 heavy (non-hydrogen) atoms. The van der Waals surface area contributed by atoms with E-state index < -0.39 is 0 Å². The summed E-state index contributed by atoms with van der Waals surface area (Å²) in [6.07, 6.45) is 7.51. The first-order chi connectivity index (χ1) is 17.0. The molecule has 180 valence electrons. The van der Waals surface area contributed by atoms with Crippen molar-refractivity contribution in [1.82, 2.24) is 24.6 Å². The molecule has 1 aliphatic heterocycles. The zero-order chi connectivity index (χ0) is 24.2. The number of hydrogen-bond donors (Lipinski definition) is 1. The number of benzene rings is 2. The molecule has 1 atom stereocenters. The Bertz CT molecular complexity index is 1280. The van der Waals surface area contributed by atoms with Crippen molar-refractivity contribution in [2.45, 2.75) is 32.2 Å². The van der Waals surface area contributed by atoms with Gasteiger partial charge in [-0.25, -0.2) is 9.97 Å². The molecule has 3 heterocycles. The van der Waals surface area contributed by atoms with Gasteiger partial charge in [-0.05, 0) is 51.6 Å². The highest BCUT2D eigenvalue weighted by atomic mass is 16.5. The Hall–Kier alpha value is -3.71. The maximum atomic E-state index is 6.13. The molecule has 1 N–H and O–H groups in total. The number of nitrogens with zero attached hydrogens (tertiary/aromatic N) is 5. The molecule has 4 aromatic rings. The highest BCUT2D eigenvalue weighted by Gasteiger charge is 2.19. The minimum atomic E-state index is 0.475. The summed E-state index contributed by atoms with van der Waals surface area (Å²) in [6.45, 7) is 3.93. The molecule has 7 heteroatoms. The third-order valence-electron chi connectivity index (χ3n) is 6.54. The average molecular weight is 469 g/mol. The van der Waals surface area contributed by atoms with Crippen LogP contribution in [-0.2, 0) is 7.05 Å². The molecule has 0 amide bonds. The molecule has 5 rings (SSSR count). The standard InChI is InChI=1S/C28H32N6O/c1-20-10-12-21(13-11-20)27-25(18-34(3)32-27)26-14-15-29-28(31-26)30-22-7-6-9-24(17-22)35-19-23-8-4-5-16-33(23)2/h6-7,9-15,17-18,23H,4-5,8,16,19H2,1-3H3,(H,29,30,31). The molecule has 0 spiro atoms. The smallest absolute Gasteiger partial charge is 0.227 e. The predicted molar refractivity (Wildman–Crippen MR) is 140 cm³/mol. The summed E-state index contributed by atoms with van der Waals surface area (Å²) in [4.78, 5) is 11.6. The lowest BCUT2D eigenvalue weighted by atomic mass is 10.0. The van der Waals surface area contributed by atoms with Gasteiger partial charge in [0.15, 0.2) is 0 Å². The van der Waals surface area contributed by atoms with Crippen molar-refractivity contribution < 1.29 is 4.74 Å². The molecular formula is C28H32N6O. The monoisotopic (exact) mass is 468 g/mol. The highest BCUT2D eigenvalue weighted by molar-refractivity contribution is 5.79. The van der Waals surface area contributed by atoms with Crippen LogP contribution in [0.4, 0.5) is 11.6 Å². The molecule has 2 aromatic carbocycles. The molecule has 1 unspecified atom stereocenters. The van der Waals surface area contributed by atoms with Crippen LogP contribution in [0.5, 0.6) is 5.75 Å². The summed E-state index contributed by atoms with van der Waals surface area (Å²) in [5.41, 5.74) is 5.86. The van der Waals surface area contributed by atoms with Crippen molar-refractivity contribution >= 4 is 11.6 Å². The number of piperidine rings is 1. The fraction of sp³-hybridized carbons (Fsp3) is 0.321. The van der Waals surface area contributed by atoms with E-state index in [9.17, 15) is 0 Å². The van der Waals surface area contributed by atoms with Crippen LogP contribution in [-0.4, -0.2) is 50.9 Å². The molecule has 0 aliphatic carbocycles. The summed E-state index contributed by atoms with van der Waals surface area (Å²) >= 11 is 0.